The molecule has 0 radical (unpaired) electrons. The normalized spacial score (nSPS) is 17.2. The Labute approximate surface area is 112 Å². The molecular weight excluding hydrogens is 242 g/mol. The molecule has 1 heterocycles. The van der Waals surface area contributed by atoms with Crippen molar-refractivity contribution >= 4 is 17.5 Å². The van der Waals surface area contributed by atoms with Gasteiger partial charge in [-0.2, -0.15) is 0 Å². The second kappa shape index (κ2) is 6.22. The maximum absolute atomic E-state index is 12.0. The van der Waals surface area contributed by atoms with Crippen LogP contribution in [0, 0.1) is 5.92 Å². The molecule has 1 aliphatic heterocycles. The fourth-order valence-corrected chi connectivity index (χ4v) is 2.25. The maximum atomic E-state index is 12.0. The van der Waals surface area contributed by atoms with Gasteiger partial charge in [0, 0.05) is 25.2 Å². The summed E-state index contributed by atoms with van der Waals surface area (Å²) in [5.74, 6) is -0.350. The van der Waals surface area contributed by atoms with Crippen LogP contribution >= 0.6 is 0 Å². The van der Waals surface area contributed by atoms with Crippen molar-refractivity contribution in [2.45, 2.75) is 19.3 Å². The number of para-hydroxylation sites is 1. The number of fused-ring (bicyclic) bond motifs is 1. The van der Waals surface area contributed by atoms with Crippen LogP contribution in [0.2, 0.25) is 0 Å². The summed E-state index contributed by atoms with van der Waals surface area (Å²) in [7, 11) is 0. The van der Waals surface area contributed by atoms with E-state index < -0.39 is 0 Å². The Hall–Kier alpha value is -2.04. The number of hydrogen-bond acceptors (Lipinski definition) is 3. The lowest BCUT2D eigenvalue weighted by molar-refractivity contribution is -0.125. The molecule has 2 amide bonds. The van der Waals surface area contributed by atoms with Crippen LogP contribution in [-0.4, -0.2) is 24.9 Å². The van der Waals surface area contributed by atoms with Gasteiger partial charge >= 0.3 is 0 Å². The second-order valence-corrected chi connectivity index (χ2v) is 4.80. The van der Waals surface area contributed by atoms with Gasteiger partial charge in [-0.25, -0.2) is 0 Å². The van der Waals surface area contributed by atoms with Crippen LogP contribution < -0.4 is 16.4 Å². The summed E-state index contributed by atoms with van der Waals surface area (Å²) in [5, 5.41) is 6.12. The Morgan fingerprint density at radius 2 is 2.16 bits per heavy atom. The lowest BCUT2D eigenvalue weighted by atomic mass is 9.93. The largest absolute Gasteiger partial charge is 0.384 e. The summed E-state index contributed by atoms with van der Waals surface area (Å²) in [4.78, 5) is 22.6. The van der Waals surface area contributed by atoms with Gasteiger partial charge in [-0.1, -0.05) is 18.2 Å². The average molecular weight is 261 g/mol. The zero-order chi connectivity index (χ0) is 13.7. The molecule has 0 spiro atoms. The summed E-state index contributed by atoms with van der Waals surface area (Å²) in [6.45, 7) is 1.15. The van der Waals surface area contributed by atoms with Gasteiger partial charge < -0.3 is 16.4 Å². The molecule has 0 fully saturated rings. The molecule has 0 aromatic heterocycles. The quantitative estimate of drug-likeness (QED) is 0.680. The molecule has 102 valence electrons. The van der Waals surface area contributed by atoms with Crippen LogP contribution in [-0.2, 0) is 16.0 Å². The fourth-order valence-electron chi connectivity index (χ4n) is 2.25. The van der Waals surface area contributed by atoms with E-state index in [2.05, 4.69) is 10.6 Å². The van der Waals surface area contributed by atoms with Crippen molar-refractivity contribution in [2.24, 2.45) is 11.7 Å². The third-order valence-corrected chi connectivity index (χ3v) is 3.29. The Kier molecular flexibility index (Phi) is 4.39. The summed E-state index contributed by atoms with van der Waals surface area (Å²) in [6, 6.07) is 8.02. The van der Waals surface area contributed by atoms with Crippen molar-refractivity contribution in [1.82, 2.24) is 5.32 Å². The number of nitrogens with one attached hydrogen (secondary N) is 2. The van der Waals surface area contributed by atoms with Crippen LogP contribution in [0.1, 0.15) is 18.4 Å². The van der Waals surface area contributed by atoms with Gasteiger partial charge in [0.05, 0.1) is 5.92 Å². The highest BCUT2D eigenvalue weighted by atomic mass is 16.2. The lowest BCUT2D eigenvalue weighted by Gasteiger charge is -2.25. The summed E-state index contributed by atoms with van der Waals surface area (Å²) < 4.78 is 0. The molecule has 4 N–H and O–H groups in total. The number of carbonyl (C=O) groups excluding carboxylic acids is 2. The van der Waals surface area contributed by atoms with Crippen molar-refractivity contribution in [3.8, 4) is 0 Å². The molecule has 1 aliphatic rings. The number of carbonyl (C=O) groups is 2. The van der Waals surface area contributed by atoms with Crippen LogP contribution in [0.4, 0.5) is 5.69 Å². The first-order chi connectivity index (χ1) is 9.16. The SMILES string of the molecule is NC(=O)CCCNC(=O)C1CNc2ccccc2C1. The monoisotopic (exact) mass is 261 g/mol. The van der Waals surface area contributed by atoms with E-state index in [4.69, 9.17) is 5.73 Å². The van der Waals surface area contributed by atoms with E-state index in [1.165, 1.54) is 5.56 Å². The minimum atomic E-state index is -0.331. The predicted molar refractivity (Wildman–Crippen MR) is 73.6 cm³/mol. The van der Waals surface area contributed by atoms with Gasteiger partial charge in [0.1, 0.15) is 0 Å². The third kappa shape index (κ3) is 3.71. The molecule has 5 heteroatoms. The molecule has 1 aromatic carbocycles. The zero-order valence-corrected chi connectivity index (χ0v) is 10.8. The van der Waals surface area contributed by atoms with E-state index >= 15 is 0 Å². The number of rotatable bonds is 5. The minimum absolute atomic E-state index is 0.0338. The van der Waals surface area contributed by atoms with Crippen molar-refractivity contribution in [3.05, 3.63) is 29.8 Å². The summed E-state index contributed by atoms with van der Waals surface area (Å²) in [6.07, 6.45) is 1.66. The highest BCUT2D eigenvalue weighted by molar-refractivity contribution is 5.81. The van der Waals surface area contributed by atoms with E-state index in [1.54, 1.807) is 0 Å². The highest BCUT2D eigenvalue weighted by Crippen LogP contribution is 2.24. The Balaban J connectivity index is 1.80. The van der Waals surface area contributed by atoms with E-state index in [0.29, 0.717) is 25.9 Å². The molecule has 0 saturated carbocycles. The topological polar surface area (TPSA) is 84.2 Å². The van der Waals surface area contributed by atoms with Gasteiger partial charge in [-0.05, 0) is 24.5 Å². The number of nitrogens with two attached hydrogens (primary N) is 1. The van der Waals surface area contributed by atoms with Crippen molar-refractivity contribution in [3.63, 3.8) is 0 Å². The van der Waals surface area contributed by atoms with Gasteiger partial charge in [0.2, 0.25) is 11.8 Å². The van der Waals surface area contributed by atoms with Crippen LogP contribution in [0.15, 0.2) is 24.3 Å². The molecule has 0 bridgehead atoms. The molecule has 1 atom stereocenters. The maximum Gasteiger partial charge on any atom is 0.225 e. The van der Waals surface area contributed by atoms with Crippen LogP contribution in [0.5, 0.6) is 0 Å². The summed E-state index contributed by atoms with van der Waals surface area (Å²) >= 11 is 0. The van der Waals surface area contributed by atoms with Crippen LogP contribution in [0.25, 0.3) is 0 Å². The Bertz CT molecular complexity index is 474. The van der Waals surface area contributed by atoms with E-state index in [1.807, 2.05) is 24.3 Å². The predicted octanol–water partition coefficient (Wildman–Crippen LogP) is 0.652. The van der Waals surface area contributed by atoms with Crippen molar-refractivity contribution in [2.75, 3.05) is 18.4 Å². The average Bonchev–Trinajstić information content (AvgIpc) is 2.42. The third-order valence-electron chi connectivity index (χ3n) is 3.29. The smallest absolute Gasteiger partial charge is 0.225 e. The first-order valence-electron chi connectivity index (χ1n) is 6.54. The molecular formula is C14H19N3O2. The molecule has 0 aliphatic carbocycles. The lowest BCUT2D eigenvalue weighted by Crippen LogP contribution is -2.38. The number of primary amides is 1. The molecule has 0 saturated heterocycles. The molecule has 5 nitrogen and oxygen atoms in total. The first-order valence-corrected chi connectivity index (χ1v) is 6.54. The fraction of sp³-hybridized carbons (Fsp3) is 0.429. The molecule has 2 rings (SSSR count). The number of hydrogen-bond donors (Lipinski definition) is 3. The van der Waals surface area contributed by atoms with E-state index in [-0.39, 0.29) is 17.7 Å². The minimum Gasteiger partial charge on any atom is -0.384 e. The van der Waals surface area contributed by atoms with Crippen molar-refractivity contribution in [1.29, 1.82) is 0 Å². The molecule has 1 aromatic rings. The van der Waals surface area contributed by atoms with Crippen LogP contribution in [0.3, 0.4) is 0 Å². The number of amides is 2. The van der Waals surface area contributed by atoms with Crippen molar-refractivity contribution < 1.29 is 9.59 Å². The Morgan fingerprint density at radius 3 is 2.95 bits per heavy atom. The molecule has 1 unspecified atom stereocenters. The first kappa shape index (κ1) is 13.4. The number of benzene rings is 1. The standard InChI is InChI=1S/C14H19N3O2/c15-13(18)6-3-7-16-14(19)11-8-10-4-1-2-5-12(10)17-9-11/h1-2,4-5,11,17H,3,6-9H2,(H2,15,18)(H,16,19). The Morgan fingerprint density at radius 1 is 1.37 bits per heavy atom. The van der Waals surface area contributed by atoms with E-state index in [0.717, 1.165) is 12.1 Å². The highest BCUT2D eigenvalue weighted by Gasteiger charge is 2.23. The van der Waals surface area contributed by atoms with Gasteiger partial charge in [-0.15, -0.1) is 0 Å². The zero-order valence-electron chi connectivity index (χ0n) is 10.8. The number of anilines is 1. The second-order valence-electron chi connectivity index (χ2n) is 4.80. The van der Waals surface area contributed by atoms with E-state index in [9.17, 15) is 9.59 Å². The van der Waals surface area contributed by atoms with Gasteiger partial charge in [0.15, 0.2) is 0 Å². The molecule has 19 heavy (non-hydrogen) atoms. The van der Waals surface area contributed by atoms with Gasteiger partial charge in [-0.3, -0.25) is 9.59 Å². The summed E-state index contributed by atoms with van der Waals surface area (Å²) in [5.41, 5.74) is 7.33. The van der Waals surface area contributed by atoms with Gasteiger partial charge in [0.25, 0.3) is 0 Å².